The van der Waals surface area contributed by atoms with E-state index in [-0.39, 0.29) is 5.92 Å². The average Bonchev–Trinajstić information content (AvgIpc) is 2.92. The molecule has 0 fully saturated rings. The maximum Gasteiger partial charge on any atom is 0.225 e. The molecule has 0 N–H and O–H groups in total. The molecule has 1 amide bonds. The van der Waals surface area contributed by atoms with Gasteiger partial charge in [-0.1, -0.05) is 162 Å². The van der Waals surface area contributed by atoms with Gasteiger partial charge in [0.05, 0.1) is 0 Å². The van der Waals surface area contributed by atoms with Gasteiger partial charge in [-0.15, -0.1) is 0 Å². The molecule has 4 heteroatoms. The number of carbonyl (C=O) groups is 1. The van der Waals surface area contributed by atoms with Gasteiger partial charge < -0.3 is 4.90 Å². The lowest BCUT2D eigenvalue weighted by atomic mass is 9.93. The van der Waals surface area contributed by atoms with Crippen LogP contribution in [-0.4, -0.2) is 47.5 Å². The smallest absolute Gasteiger partial charge is 0.225 e. The first-order valence-electron chi connectivity index (χ1n) is 17.6. The largest absolute Gasteiger partial charge is 0.339 e. The summed E-state index contributed by atoms with van der Waals surface area (Å²) in [4.78, 5) is 16.4. The molecule has 1 atom stereocenters. The van der Waals surface area contributed by atoms with Crippen LogP contribution in [0.25, 0.3) is 0 Å². The highest BCUT2D eigenvalue weighted by molar-refractivity contribution is 7.96. The molecule has 1 unspecified atom stereocenters. The van der Waals surface area contributed by atoms with Gasteiger partial charge in [0.25, 0.3) is 0 Å². The number of unbranched alkanes of at least 4 members (excludes halogenated alkanes) is 16. The maximum atomic E-state index is 14.0. The number of rotatable bonds is 30. The fourth-order valence-electron chi connectivity index (χ4n) is 5.82. The normalized spacial score (nSPS) is 12.5. The van der Waals surface area contributed by atoms with Gasteiger partial charge in [0, 0.05) is 24.3 Å². The molecule has 0 aromatic carbocycles. The highest BCUT2D eigenvalue weighted by atomic mass is 32.2. The summed E-state index contributed by atoms with van der Waals surface area (Å²) < 4.78 is 2.20. The Labute approximate surface area is 251 Å². The SMILES string of the molecule is CCCCCCCCCCC(CCCCCCCCCC)N(CCCSN(C)C)C(=O)C(CC)CCCCC. The Balaban J connectivity index is 5.16. The van der Waals surface area contributed by atoms with Crippen LogP contribution in [-0.2, 0) is 4.79 Å². The van der Waals surface area contributed by atoms with Crippen molar-refractivity contribution in [3.8, 4) is 0 Å². The highest BCUT2D eigenvalue weighted by Crippen LogP contribution is 2.25. The van der Waals surface area contributed by atoms with E-state index in [0.29, 0.717) is 11.9 Å². The topological polar surface area (TPSA) is 23.6 Å². The van der Waals surface area contributed by atoms with E-state index in [1.165, 1.54) is 135 Å². The number of nitrogens with zero attached hydrogens (tertiary/aromatic N) is 2. The first-order chi connectivity index (χ1) is 19.0. The van der Waals surface area contributed by atoms with Crippen LogP contribution in [0.5, 0.6) is 0 Å². The summed E-state index contributed by atoms with van der Waals surface area (Å²) in [6, 6.07) is 0.447. The Morgan fingerprint density at radius 1 is 0.564 bits per heavy atom. The maximum absolute atomic E-state index is 14.0. The van der Waals surface area contributed by atoms with E-state index in [4.69, 9.17) is 0 Å². The summed E-state index contributed by atoms with van der Waals surface area (Å²) in [5, 5.41) is 0. The molecular weight excluding hydrogens is 496 g/mol. The van der Waals surface area contributed by atoms with Gasteiger partial charge in [0.15, 0.2) is 0 Å². The van der Waals surface area contributed by atoms with Crippen molar-refractivity contribution < 1.29 is 4.79 Å². The van der Waals surface area contributed by atoms with Crippen LogP contribution >= 0.6 is 11.9 Å². The third-order valence-electron chi connectivity index (χ3n) is 8.40. The first kappa shape index (κ1) is 38.8. The van der Waals surface area contributed by atoms with Crippen molar-refractivity contribution in [3.63, 3.8) is 0 Å². The summed E-state index contributed by atoms with van der Waals surface area (Å²) in [7, 11) is 4.25. The summed E-state index contributed by atoms with van der Waals surface area (Å²) in [5.74, 6) is 1.80. The van der Waals surface area contributed by atoms with E-state index in [1.54, 1.807) is 0 Å². The van der Waals surface area contributed by atoms with E-state index >= 15 is 0 Å². The highest BCUT2D eigenvalue weighted by Gasteiger charge is 2.28. The molecular formula is C35H72N2OS. The molecule has 0 aliphatic heterocycles. The van der Waals surface area contributed by atoms with Crippen LogP contribution in [0.3, 0.4) is 0 Å². The van der Waals surface area contributed by atoms with Gasteiger partial charge in [0.2, 0.25) is 5.91 Å². The van der Waals surface area contributed by atoms with Crippen molar-refractivity contribution in [2.75, 3.05) is 26.4 Å². The summed E-state index contributed by atoms with van der Waals surface area (Å²) in [5.41, 5.74) is 0. The van der Waals surface area contributed by atoms with Crippen molar-refractivity contribution in [2.45, 2.75) is 188 Å². The van der Waals surface area contributed by atoms with Crippen LogP contribution in [0.2, 0.25) is 0 Å². The minimum absolute atomic E-state index is 0.220. The molecule has 0 saturated carbocycles. The summed E-state index contributed by atoms with van der Waals surface area (Å²) in [6.45, 7) is 10.0. The molecule has 0 bridgehead atoms. The second kappa shape index (κ2) is 29.3. The monoisotopic (exact) mass is 569 g/mol. The molecule has 0 aliphatic rings. The minimum Gasteiger partial charge on any atom is -0.339 e. The molecule has 0 saturated heterocycles. The Bertz CT molecular complexity index is 493. The van der Waals surface area contributed by atoms with Crippen LogP contribution in [0.4, 0.5) is 0 Å². The molecule has 3 nitrogen and oxygen atoms in total. The standard InChI is InChI=1S/C35H72N2OS/c1-7-11-14-16-18-20-22-25-29-34(30-26-23-21-19-17-15-12-8-2)37(31-27-32-39-36(5)6)35(38)33(10-4)28-24-13-9-3/h33-34H,7-32H2,1-6H3. The van der Waals surface area contributed by atoms with E-state index in [9.17, 15) is 4.79 Å². The van der Waals surface area contributed by atoms with Gasteiger partial charge in [-0.3, -0.25) is 9.10 Å². The predicted molar refractivity (Wildman–Crippen MR) is 179 cm³/mol. The zero-order valence-electron chi connectivity index (χ0n) is 27.8. The van der Waals surface area contributed by atoms with Crippen molar-refractivity contribution >= 4 is 17.9 Å². The second-order valence-corrected chi connectivity index (χ2v) is 13.7. The molecule has 0 aromatic heterocycles. The third-order valence-corrected chi connectivity index (χ3v) is 9.38. The van der Waals surface area contributed by atoms with Gasteiger partial charge in [-0.25, -0.2) is 0 Å². The van der Waals surface area contributed by atoms with E-state index < -0.39 is 0 Å². The van der Waals surface area contributed by atoms with E-state index in [0.717, 1.165) is 31.6 Å². The lowest BCUT2D eigenvalue weighted by Gasteiger charge is -2.35. The first-order valence-corrected chi connectivity index (χ1v) is 18.6. The molecule has 0 heterocycles. The molecule has 0 spiro atoms. The molecule has 0 aromatic rings. The zero-order valence-corrected chi connectivity index (χ0v) is 28.6. The van der Waals surface area contributed by atoms with Crippen LogP contribution in [0.15, 0.2) is 0 Å². The van der Waals surface area contributed by atoms with Crippen LogP contribution < -0.4 is 0 Å². The second-order valence-electron chi connectivity index (χ2n) is 12.3. The number of amides is 1. The lowest BCUT2D eigenvalue weighted by Crippen LogP contribution is -2.44. The molecule has 0 rings (SSSR count). The van der Waals surface area contributed by atoms with Crippen molar-refractivity contribution in [1.82, 2.24) is 9.21 Å². The molecule has 0 radical (unpaired) electrons. The Hall–Kier alpha value is -0.220. The van der Waals surface area contributed by atoms with Gasteiger partial charge in [-0.05, 0) is 46.2 Å². The van der Waals surface area contributed by atoms with Gasteiger partial charge >= 0.3 is 0 Å². The number of carbonyl (C=O) groups excluding carboxylic acids is 1. The fourth-order valence-corrected chi connectivity index (χ4v) is 6.44. The Morgan fingerprint density at radius 2 is 0.974 bits per heavy atom. The third kappa shape index (κ3) is 23.1. The lowest BCUT2D eigenvalue weighted by molar-refractivity contribution is -0.138. The number of hydrogen-bond donors (Lipinski definition) is 0. The Kier molecular flexibility index (Phi) is 29.1. The zero-order chi connectivity index (χ0) is 29.0. The molecule has 0 aliphatic carbocycles. The molecule has 234 valence electrons. The average molecular weight is 569 g/mol. The molecule has 39 heavy (non-hydrogen) atoms. The van der Waals surface area contributed by atoms with Crippen molar-refractivity contribution in [1.29, 1.82) is 0 Å². The quantitative estimate of drug-likeness (QED) is 0.0636. The van der Waals surface area contributed by atoms with Gasteiger partial charge in [-0.2, -0.15) is 0 Å². The predicted octanol–water partition coefficient (Wildman–Crippen LogP) is 11.5. The number of hydrogen-bond acceptors (Lipinski definition) is 3. The van der Waals surface area contributed by atoms with E-state index in [1.807, 2.05) is 11.9 Å². The Morgan fingerprint density at radius 3 is 1.41 bits per heavy atom. The van der Waals surface area contributed by atoms with Crippen molar-refractivity contribution in [3.05, 3.63) is 0 Å². The van der Waals surface area contributed by atoms with Gasteiger partial charge in [0.1, 0.15) is 0 Å². The fraction of sp³-hybridized carbons (Fsp3) is 0.971. The van der Waals surface area contributed by atoms with Crippen LogP contribution in [0, 0.1) is 5.92 Å². The minimum atomic E-state index is 0.220. The summed E-state index contributed by atoms with van der Waals surface area (Å²) in [6.07, 6.45) is 31.1. The summed E-state index contributed by atoms with van der Waals surface area (Å²) >= 11 is 1.89. The van der Waals surface area contributed by atoms with Crippen LogP contribution in [0.1, 0.15) is 182 Å². The van der Waals surface area contributed by atoms with Crippen molar-refractivity contribution in [2.24, 2.45) is 5.92 Å². The van der Waals surface area contributed by atoms with E-state index in [2.05, 4.69) is 51.0 Å².